The van der Waals surface area contributed by atoms with Gasteiger partial charge < -0.3 is 9.84 Å². The summed E-state index contributed by atoms with van der Waals surface area (Å²) in [4.78, 5) is 5.21. The molecule has 0 fully saturated rings. The molecule has 19 heavy (non-hydrogen) atoms. The maximum Gasteiger partial charge on any atom is 0.213 e. The van der Waals surface area contributed by atoms with Gasteiger partial charge in [0, 0.05) is 17.0 Å². The van der Waals surface area contributed by atoms with Crippen molar-refractivity contribution in [3.05, 3.63) is 42.0 Å². The van der Waals surface area contributed by atoms with Crippen LogP contribution in [0, 0.1) is 0 Å². The van der Waals surface area contributed by atoms with Crippen molar-refractivity contribution in [3.63, 3.8) is 0 Å². The molecular weight excluding hydrogens is 258 g/mol. The molecule has 1 aromatic carbocycles. The number of rotatable bonds is 5. The van der Waals surface area contributed by atoms with Gasteiger partial charge in [-0.3, -0.25) is 0 Å². The molecule has 1 aromatic heterocycles. The van der Waals surface area contributed by atoms with Crippen molar-refractivity contribution in [3.8, 4) is 0 Å². The SMILES string of the molecule is CC(C)(C)NCc1ccc(SCc2ncon2)cc1. The average molecular weight is 277 g/mol. The van der Waals surface area contributed by atoms with Crippen molar-refractivity contribution < 1.29 is 4.52 Å². The molecule has 2 aromatic rings. The molecule has 1 N–H and O–H groups in total. The normalized spacial score (nSPS) is 11.7. The summed E-state index contributed by atoms with van der Waals surface area (Å²) in [6, 6.07) is 8.56. The van der Waals surface area contributed by atoms with E-state index in [2.05, 4.69) is 60.5 Å². The molecule has 4 nitrogen and oxygen atoms in total. The summed E-state index contributed by atoms with van der Waals surface area (Å²) in [5.41, 5.74) is 1.44. The molecule has 0 spiro atoms. The van der Waals surface area contributed by atoms with E-state index in [-0.39, 0.29) is 5.54 Å². The van der Waals surface area contributed by atoms with E-state index in [4.69, 9.17) is 4.52 Å². The molecule has 0 aliphatic carbocycles. The summed E-state index contributed by atoms with van der Waals surface area (Å²) < 4.78 is 4.70. The van der Waals surface area contributed by atoms with E-state index < -0.39 is 0 Å². The molecule has 2 rings (SSSR count). The Kier molecular flexibility index (Phi) is 4.61. The predicted molar refractivity (Wildman–Crippen MR) is 76.9 cm³/mol. The van der Waals surface area contributed by atoms with Crippen LogP contribution in [-0.2, 0) is 12.3 Å². The van der Waals surface area contributed by atoms with Gasteiger partial charge in [0.15, 0.2) is 5.82 Å². The van der Waals surface area contributed by atoms with Gasteiger partial charge in [0.05, 0.1) is 5.75 Å². The van der Waals surface area contributed by atoms with Gasteiger partial charge in [-0.25, -0.2) is 0 Å². The molecular formula is C14H19N3OS. The highest BCUT2D eigenvalue weighted by Crippen LogP contribution is 2.21. The van der Waals surface area contributed by atoms with Gasteiger partial charge in [0.25, 0.3) is 0 Å². The van der Waals surface area contributed by atoms with E-state index in [1.165, 1.54) is 16.9 Å². The molecule has 0 aliphatic rings. The first kappa shape index (κ1) is 14.1. The number of hydrogen-bond donors (Lipinski definition) is 1. The lowest BCUT2D eigenvalue weighted by Crippen LogP contribution is -2.35. The number of nitrogens with one attached hydrogen (secondary N) is 1. The average Bonchev–Trinajstić information content (AvgIpc) is 2.87. The van der Waals surface area contributed by atoms with Gasteiger partial charge in [0.2, 0.25) is 6.39 Å². The Bertz CT molecular complexity index is 488. The first-order chi connectivity index (χ1) is 9.03. The van der Waals surface area contributed by atoms with Crippen molar-refractivity contribution >= 4 is 11.8 Å². The molecule has 0 aliphatic heterocycles. The van der Waals surface area contributed by atoms with Crippen LogP contribution in [0.2, 0.25) is 0 Å². The minimum absolute atomic E-state index is 0.145. The summed E-state index contributed by atoms with van der Waals surface area (Å²) in [6.07, 6.45) is 1.36. The fraction of sp³-hybridized carbons (Fsp3) is 0.429. The molecule has 0 saturated carbocycles. The Morgan fingerprint density at radius 2 is 1.95 bits per heavy atom. The second kappa shape index (κ2) is 6.21. The van der Waals surface area contributed by atoms with Gasteiger partial charge in [-0.2, -0.15) is 4.98 Å². The third-order valence-electron chi connectivity index (χ3n) is 2.52. The van der Waals surface area contributed by atoms with Gasteiger partial charge in [-0.15, -0.1) is 11.8 Å². The zero-order valence-corrected chi connectivity index (χ0v) is 12.3. The molecule has 102 valence electrons. The predicted octanol–water partition coefficient (Wildman–Crippen LogP) is 3.25. The van der Waals surface area contributed by atoms with E-state index >= 15 is 0 Å². The molecule has 0 unspecified atom stereocenters. The van der Waals surface area contributed by atoms with Crippen LogP contribution in [-0.4, -0.2) is 15.7 Å². The van der Waals surface area contributed by atoms with Crippen LogP contribution >= 0.6 is 11.8 Å². The summed E-state index contributed by atoms with van der Waals surface area (Å²) in [7, 11) is 0. The molecule has 0 atom stereocenters. The number of benzene rings is 1. The van der Waals surface area contributed by atoms with Gasteiger partial charge in [-0.05, 0) is 38.5 Å². The molecule has 0 saturated heterocycles. The van der Waals surface area contributed by atoms with Crippen LogP contribution in [0.4, 0.5) is 0 Å². The van der Waals surface area contributed by atoms with Crippen molar-refractivity contribution in [1.29, 1.82) is 0 Å². The van der Waals surface area contributed by atoms with E-state index in [1.807, 2.05) is 0 Å². The van der Waals surface area contributed by atoms with E-state index in [0.717, 1.165) is 18.1 Å². The maximum atomic E-state index is 4.70. The van der Waals surface area contributed by atoms with E-state index in [9.17, 15) is 0 Å². The summed E-state index contributed by atoms with van der Waals surface area (Å²) in [5, 5.41) is 7.26. The molecule has 5 heteroatoms. The summed E-state index contributed by atoms with van der Waals surface area (Å²) in [6.45, 7) is 7.39. The number of thioether (sulfide) groups is 1. The van der Waals surface area contributed by atoms with Crippen molar-refractivity contribution in [2.75, 3.05) is 0 Å². The highest BCUT2D eigenvalue weighted by molar-refractivity contribution is 7.98. The van der Waals surface area contributed by atoms with Crippen molar-refractivity contribution in [2.24, 2.45) is 0 Å². The van der Waals surface area contributed by atoms with Crippen molar-refractivity contribution in [1.82, 2.24) is 15.5 Å². The smallest absolute Gasteiger partial charge is 0.213 e. The largest absolute Gasteiger partial charge is 0.343 e. The first-order valence-electron chi connectivity index (χ1n) is 6.25. The fourth-order valence-corrected chi connectivity index (χ4v) is 2.23. The van der Waals surface area contributed by atoms with Crippen LogP contribution in [0.1, 0.15) is 32.2 Å². The van der Waals surface area contributed by atoms with Crippen molar-refractivity contribution in [2.45, 2.75) is 43.5 Å². The zero-order chi connectivity index (χ0) is 13.7. The zero-order valence-electron chi connectivity index (χ0n) is 11.5. The monoisotopic (exact) mass is 277 g/mol. The van der Waals surface area contributed by atoms with Gasteiger partial charge >= 0.3 is 0 Å². The Labute approximate surface area is 118 Å². The second-order valence-electron chi connectivity index (χ2n) is 5.38. The topological polar surface area (TPSA) is 51.0 Å². The third-order valence-corrected chi connectivity index (χ3v) is 3.53. The second-order valence-corrected chi connectivity index (χ2v) is 6.43. The summed E-state index contributed by atoms with van der Waals surface area (Å²) >= 11 is 1.71. The maximum absolute atomic E-state index is 4.70. The number of aromatic nitrogens is 2. The summed E-state index contributed by atoms with van der Waals surface area (Å²) in [5.74, 6) is 1.46. The van der Waals surface area contributed by atoms with E-state index in [1.54, 1.807) is 11.8 Å². The highest BCUT2D eigenvalue weighted by atomic mass is 32.2. The Hall–Kier alpha value is -1.33. The molecule has 0 amide bonds. The van der Waals surface area contributed by atoms with Crippen LogP contribution in [0.15, 0.2) is 40.1 Å². The lowest BCUT2D eigenvalue weighted by molar-refractivity contribution is 0.412. The Balaban J connectivity index is 1.84. The lowest BCUT2D eigenvalue weighted by atomic mass is 10.1. The van der Waals surface area contributed by atoms with Crippen LogP contribution in [0.25, 0.3) is 0 Å². The highest BCUT2D eigenvalue weighted by Gasteiger charge is 2.08. The van der Waals surface area contributed by atoms with Crippen LogP contribution < -0.4 is 5.32 Å². The lowest BCUT2D eigenvalue weighted by Gasteiger charge is -2.20. The quantitative estimate of drug-likeness (QED) is 0.850. The molecule has 0 radical (unpaired) electrons. The first-order valence-corrected chi connectivity index (χ1v) is 7.23. The van der Waals surface area contributed by atoms with Gasteiger partial charge in [0.1, 0.15) is 0 Å². The molecule has 1 heterocycles. The number of nitrogens with zero attached hydrogens (tertiary/aromatic N) is 2. The minimum Gasteiger partial charge on any atom is -0.343 e. The number of hydrogen-bond acceptors (Lipinski definition) is 5. The van der Waals surface area contributed by atoms with Crippen LogP contribution in [0.5, 0.6) is 0 Å². The third kappa shape index (κ3) is 5.04. The van der Waals surface area contributed by atoms with Crippen LogP contribution in [0.3, 0.4) is 0 Å². The van der Waals surface area contributed by atoms with E-state index in [0.29, 0.717) is 0 Å². The van der Waals surface area contributed by atoms with Gasteiger partial charge in [-0.1, -0.05) is 17.3 Å². The fourth-order valence-electron chi connectivity index (χ4n) is 1.47. The minimum atomic E-state index is 0.145. The Morgan fingerprint density at radius 3 is 2.53 bits per heavy atom. The Morgan fingerprint density at radius 1 is 1.21 bits per heavy atom. The standard InChI is InChI=1S/C14H19N3OS/c1-14(2,3)16-8-11-4-6-12(7-5-11)19-9-13-15-10-18-17-13/h4-7,10,16H,8-9H2,1-3H3. The molecule has 0 bridgehead atoms.